The Hall–Kier alpha value is -1.13. The molecule has 1 aromatic carbocycles. The van der Waals surface area contributed by atoms with E-state index >= 15 is 0 Å². The van der Waals surface area contributed by atoms with Crippen molar-refractivity contribution in [3.63, 3.8) is 0 Å². The highest BCUT2D eigenvalue weighted by Crippen LogP contribution is 2.25. The van der Waals surface area contributed by atoms with Crippen molar-refractivity contribution in [1.82, 2.24) is 10.3 Å². The molecule has 0 atom stereocenters. The summed E-state index contributed by atoms with van der Waals surface area (Å²) in [6.45, 7) is 5.63. The van der Waals surface area contributed by atoms with Gasteiger partial charge in [-0.3, -0.25) is 0 Å². The predicted octanol–water partition coefficient (Wildman–Crippen LogP) is 3.37. The summed E-state index contributed by atoms with van der Waals surface area (Å²) in [5, 5.41) is 3.46. The standard InChI is InChI=1S/C12H14ClFN2O/c1-7(2)5-15-6-11-16-10-4-8(14)3-9(13)12(10)17-11/h3-4,7,15H,5-6H2,1-2H3. The highest BCUT2D eigenvalue weighted by Gasteiger charge is 2.10. The van der Waals surface area contributed by atoms with Crippen molar-refractivity contribution in [3.8, 4) is 0 Å². The van der Waals surface area contributed by atoms with Crippen LogP contribution in [0.25, 0.3) is 11.1 Å². The summed E-state index contributed by atoms with van der Waals surface area (Å²) in [6, 6.07) is 2.54. The Morgan fingerprint density at radius 2 is 2.24 bits per heavy atom. The van der Waals surface area contributed by atoms with Crippen LogP contribution in [0, 0.1) is 11.7 Å². The van der Waals surface area contributed by atoms with Crippen LogP contribution in [0.1, 0.15) is 19.7 Å². The predicted molar refractivity (Wildman–Crippen MR) is 65.5 cm³/mol. The Morgan fingerprint density at radius 1 is 1.47 bits per heavy atom. The minimum atomic E-state index is -0.405. The third-order valence-corrected chi connectivity index (χ3v) is 2.56. The Kier molecular flexibility index (Phi) is 3.64. The van der Waals surface area contributed by atoms with Crippen LogP contribution in [0.5, 0.6) is 0 Å². The van der Waals surface area contributed by atoms with Crippen LogP contribution in [0.15, 0.2) is 16.5 Å². The van der Waals surface area contributed by atoms with E-state index < -0.39 is 5.82 Å². The molecule has 1 heterocycles. The molecule has 0 amide bonds. The number of rotatable bonds is 4. The Labute approximate surface area is 104 Å². The van der Waals surface area contributed by atoms with Crippen molar-refractivity contribution < 1.29 is 8.81 Å². The molecule has 0 spiro atoms. The second kappa shape index (κ2) is 5.02. The molecule has 0 aliphatic heterocycles. The average molecular weight is 257 g/mol. The monoisotopic (exact) mass is 256 g/mol. The minimum Gasteiger partial charge on any atom is -0.438 e. The number of hydrogen-bond acceptors (Lipinski definition) is 3. The lowest BCUT2D eigenvalue weighted by molar-refractivity contribution is 0.471. The first-order valence-corrected chi connectivity index (χ1v) is 5.89. The second-order valence-electron chi connectivity index (χ2n) is 4.37. The largest absolute Gasteiger partial charge is 0.438 e. The summed E-state index contributed by atoms with van der Waals surface area (Å²) in [5.41, 5.74) is 0.894. The molecule has 0 aliphatic carbocycles. The van der Waals surface area contributed by atoms with Gasteiger partial charge in [0.2, 0.25) is 5.89 Å². The van der Waals surface area contributed by atoms with Gasteiger partial charge in [-0.25, -0.2) is 9.37 Å². The highest BCUT2D eigenvalue weighted by atomic mass is 35.5. The molecule has 3 nitrogen and oxygen atoms in total. The second-order valence-corrected chi connectivity index (χ2v) is 4.78. The van der Waals surface area contributed by atoms with Gasteiger partial charge >= 0.3 is 0 Å². The third kappa shape index (κ3) is 2.96. The molecule has 1 aromatic heterocycles. The van der Waals surface area contributed by atoms with Gasteiger partial charge in [0.1, 0.15) is 11.3 Å². The van der Waals surface area contributed by atoms with Gasteiger partial charge < -0.3 is 9.73 Å². The smallest absolute Gasteiger partial charge is 0.209 e. The lowest BCUT2D eigenvalue weighted by atomic mass is 10.2. The summed E-state index contributed by atoms with van der Waals surface area (Å²) < 4.78 is 18.5. The van der Waals surface area contributed by atoms with E-state index in [1.807, 2.05) is 0 Å². The lowest BCUT2D eigenvalue weighted by Gasteiger charge is -2.03. The average Bonchev–Trinajstić information content (AvgIpc) is 2.60. The van der Waals surface area contributed by atoms with Gasteiger partial charge in [0, 0.05) is 6.07 Å². The molecule has 1 N–H and O–H groups in total. The van der Waals surface area contributed by atoms with E-state index in [1.54, 1.807) is 0 Å². The first-order chi connectivity index (χ1) is 8.06. The van der Waals surface area contributed by atoms with E-state index in [0.717, 1.165) is 6.54 Å². The maximum Gasteiger partial charge on any atom is 0.209 e. The zero-order valence-corrected chi connectivity index (χ0v) is 10.5. The zero-order chi connectivity index (χ0) is 12.4. The molecular formula is C12H14ClFN2O. The van der Waals surface area contributed by atoms with Gasteiger partial charge in [-0.05, 0) is 18.5 Å². The fourth-order valence-electron chi connectivity index (χ4n) is 1.55. The molecule has 0 saturated carbocycles. The summed E-state index contributed by atoms with van der Waals surface area (Å²) in [6.07, 6.45) is 0. The van der Waals surface area contributed by atoms with E-state index in [9.17, 15) is 4.39 Å². The SMILES string of the molecule is CC(C)CNCc1nc2cc(F)cc(Cl)c2o1. The molecule has 0 bridgehead atoms. The van der Waals surface area contributed by atoms with E-state index in [2.05, 4.69) is 24.1 Å². The van der Waals surface area contributed by atoms with Crippen molar-refractivity contribution in [2.45, 2.75) is 20.4 Å². The van der Waals surface area contributed by atoms with Crippen LogP contribution in [-0.4, -0.2) is 11.5 Å². The van der Waals surface area contributed by atoms with E-state index in [4.69, 9.17) is 16.0 Å². The number of nitrogens with one attached hydrogen (secondary N) is 1. The fraction of sp³-hybridized carbons (Fsp3) is 0.417. The van der Waals surface area contributed by atoms with Crippen LogP contribution in [0.4, 0.5) is 4.39 Å². The van der Waals surface area contributed by atoms with E-state index in [-0.39, 0.29) is 5.02 Å². The highest BCUT2D eigenvalue weighted by molar-refractivity contribution is 6.34. The lowest BCUT2D eigenvalue weighted by Crippen LogP contribution is -2.19. The van der Waals surface area contributed by atoms with Crippen molar-refractivity contribution in [1.29, 1.82) is 0 Å². The van der Waals surface area contributed by atoms with Crippen molar-refractivity contribution >= 4 is 22.7 Å². The Balaban J connectivity index is 2.17. The van der Waals surface area contributed by atoms with Crippen molar-refractivity contribution in [2.24, 2.45) is 5.92 Å². The Bertz CT molecular complexity index is 524. The number of aromatic nitrogens is 1. The van der Waals surface area contributed by atoms with Gasteiger partial charge in [0.15, 0.2) is 5.58 Å². The van der Waals surface area contributed by atoms with Crippen LogP contribution in [-0.2, 0) is 6.54 Å². The molecule has 17 heavy (non-hydrogen) atoms. The summed E-state index contributed by atoms with van der Waals surface area (Å²) in [5.74, 6) is 0.672. The van der Waals surface area contributed by atoms with E-state index in [0.29, 0.717) is 29.5 Å². The van der Waals surface area contributed by atoms with Gasteiger partial charge in [0.25, 0.3) is 0 Å². The maximum absolute atomic E-state index is 13.1. The van der Waals surface area contributed by atoms with Crippen LogP contribution < -0.4 is 5.32 Å². The minimum absolute atomic E-state index is 0.252. The van der Waals surface area contributed by atoms with Crippen molar-refractivity contribution in [3.05, 3.63) is 28.9 Å². The number of oxazole rings is 1. The van der Waals surface area contributed by atoms with Crippen LogP contribution in [0.3, 0.4) is 0 Å². The molecular weight excluding hydrogens is 243 g/mol. The first kappa shape index (κ1) is 12.3. The first-order valence-electron chi connectivity index (χ1n) is 5.51. The molecule has 2 aromatic rings. The number of benzene rings is 1. The zero-order valence-electron chi connectivity index (χ0n) is 9.76. The molecule has 5 heteroatoms. The number of hydrogen-bond donors (Lipinski definition) is 1. The molecule has 2 rings (SSSR count). The quantitative estimate of drug-likeness (QED) is 0.912. The van der Waals surface area contributed by atoms with Gasteiger partial charge in [-0.1, -0.05) is 25.4 Å². The topological polar surface area (TPSA) is 38.1 Å². The van der Waals surface area contributed by atoms with Gasteiger partial charge in [-0.2, -0.15) is 0 Å². The molecule has 0 aliphatic rings. The molecule has 92 valence electrons. The van der Waals surface area contributed by atoms with Gasteiger partial charge in [0.05, 0.1) is 11.6 Å². The maximum atomic E-state index is 13.1. The fourth-order valence-corrected chi connectivity index (χ4v) is 1.79. The third-order valence-electron chi connectivity index (χ3n) is 2.28. The number of halogens is 2. The molecule has 0 fully saturated rings. The Morgan fingerprint density at radius 3 is 2.94 bits per heavy atom. The van der Waals surface area contributed by atoms with E-state index in [1.165, 1.54) is 12.1 Å². The molecule has 0 radical (unpaired) electrons. The molecule has 0 unspecified atom stereocenters. The number of nitrogens with zero attached hydrogens (tertiary/aromatic N) is 1. The van der Waals surface area contributed by atoms with Crippen LogP contribution >= 0.6 is 11.6 Å². The van der Waals surface area contributed by atoms with Gasteiger partial charge in [-0.15, -0.1) is 0 Å². The van der Waals surface area contributed by atoms with Crippen LogP contribution in [0.2, 0.25) is 5.02 Å². The molecule has 0 saturated heterocycles. The normalized spacial score (nSPS) is 11.6. The summed E-state index contributed by atoms with van der Waals surface area (Å²) in [7, 11) is 0. The number of fused-ring (bicyclic) bond motifs is 1. The summed E-state index contributed by atoms with van der Waals surface area (Å²) >= 11 is 5.87. The van der Waals surface area contributed by atoms with Crippen molar-refractivity contribution in [2.75, 3.05) is 6.54 Å². The summed E-state index contributed by atoms with van der Waals surface area (Å²) in [4.78, 5) is 4.18.